The number of carbonyl (C=O) groups excluding carboxylic acids is 2. The van der Waals surface area contributed by atoms with E-state index in [4.69, 9.17) is 9.47 Å². The molecule has 1 N–H and O–H groups in total. The lowest BCUT2D eigenvalue weighted by molar-refractivity contribution is 0.0697. The molecule has 7 heteroatoms. The maximum Gasteiger partial charge on any atom is 0.255 e. The molecule has 0 aliphatic carbocycles. The minimum atomic E-state index is -0.177. The van der Waals surface area contributed by atoms with Crippen LogP contribution in [0, 0.1) is 0 Å². The Labute approximate surface area is 158 Å². The van der Waals surface area contributed by atoms with Crippen molar-refractivity contribution < 1.29 is 19.1 Å². The predicted molar refractivity (Wildman–Crippen MR) is 100 cm³/mol. The molecule has 3 rings (SSSR count). The van der Waals surface area contributed by atoms with E-state index < -0.39 is 0 Å². The second kappa shape index (κ2) is 8.53. The van der Waals surface area contributed by atoms with Crippen LogP contribution in [0.1, 0.15) is 33.6 Å². The number of ether oxygens (including phenoxy) is 2. The molecule has 0 spiro atoms. The third-order valence-electron chi connectivity index (χ3n) is 4.64. The first kappa shape index (κ1) is 18.7. The number of methoxy groups -OCH3 is 2. The highest BCUT2D eigenvalue weighted by molar-refractivity contribution is 5.95. The summed E-state index contributed by atoms with van der Waals surface area (Å²) in [6.07, 6.45) is 4.64. The zero-order valence-electron chi connectivity index (χ0n) is 15.5. The number of rotatable bonds is 5. The van der Waals surface area contributed by atoms with Crippen molar-refractivity contribution in [3.05, 3.63) is 53.9 Å². The van der Waals surface area contributed by atoms with Crippen molar-refractivity contribution >= 4 is 11.8 Å². The molecule has 7 nitrogen and oxygen atoms in total. The number of aromatic nitrogens is 1. The molecule has 1 aromatic carbocycles. The number of piperidine rings is 1. The number of pyridine rings is 1. The highest BCUT2D eigenvalue weighted by Crippen LogP contribution is 2.23. The third-order valence-corrected chi connectivity index (χ3v) is 4.64. The molecule has 0 unspecified atom stereocenters. The van der Waals surface area contributed by atoms with Gasteiger partial charge >= 0.3 is 0 Å². The Bertz CT molecular complexity index is 780. The summed E-state index contributed by atoms with van der Waals surface area (Å²) >= 11 is 0. The lowest BCUT2D eigenvalue weighted by Crippen LogP contribution is -2.46. The van der Waals surface area contributed by atoms with E-state index in [0.29, 0.717) is 48.6 Å². The van der Waals surface area contributed by atoms with Crippen molar-refractivity contribution in [1.29, 1.82) is 0 Å². The van der Waals surface area contributed by atoms with Crippen LogP contribution in [0.2, 0.25) is 0 Å². The number of nitrogens with zero attached hydrogens (tertiary/aromatic N) is 2. The van der Waals surface area contributed by atoms with Gasteiger partial charge in [-0.1, -0.05) is 0 Å². The Hall–Kier alpha value is -3.09. The first-order chi connectivity index (χ1) is 13.1. The number of nitrogens with one attached hydrogen (secondary N) is 1. The van der Waals surface area contributed by atoms with Gasteiger partial charge in [-0.3, -0.25) is 14.6 Å². The molecule has 142 valence electrons. The maximum atomic E-state index is 12.6. The van der Waals surface area contributed by atoms with E-state index in [1.54, 1.807) is 61.8 Å². The van der Waals surface area contributed by atoms with Gasteiger partial charge in [0.25, 0.3) is 11.8 Å². The number of hydrogen-bond donors (Lipinski definition) is 1. The van der Waals surface area contributed by atoms with Crippen molar-refractivity contribution in [2.45, 2.75) is 18.9 Å². The molecule has 0 radical (unpaired) electrons. The van der Waals surface area contributed by atoms with Crippen LogP contribution in [-0.4, -0.2) is 55.0 Å². The summed E-state index contributed by atoms with van der Waals surface area (Å²) in [5.74, 6) is 0.933. The summed E-state index contributed by atoms with van der Waals surface area (Å²) in [4.78, 5) is 30.8. The number of likely N-dealkylation sites (tertiary alicyclic amines) is 1. The van der Waals surface area contributed by atoms with Crippen LogP contribution in [0.3, 0.4) is 0 Å². The molecule has 2 aromatic rings. The zero-order chi connectivity index (χ0) is 19.2. The van der Waals surface area contributed by atoms with Crippen molar-refractivity contribution in [2.75, 3.05) is 27.3 Å². The molecule has 1 aliphatic heterocycles. The Kier molecular flexibility index (Phi) is 5.90. The van der Waals surface area contributed by atoms with Crippen molar-refractivity contribution in [3.63, 3.8) is 0 Å². The fourth-order valence-corrected chi connectivity index (χ4v) is 3.11. The molecule has 27 heavy (non-hydrogen) atoms. The first-order valence-electron chi connectivity index (χ1n) is 8.84. The van der Waals surface area contributed by atoms with Gasteiger partial charge in [-0.2, -0.15) is 0 Å². The van der Waals surface area contributed by atoms with Crippen molar-refractivity contribution in [2.24, 2.45) is 0 Å². The Morgan fingerprint density at radius 1 is 1.07 bits per heavy atom. The smallest absolute Gasteiger partial charge is 0.255 e. The Balaban J connectivity index is 1.57. The second-order valence-electron chi connectivity index (χ2n) is 6.38. The minimum Gasteiger partial charge on any atom is -0.497 e. The summed E-state index contributed by atoms with van der Waals surface area (Å²) in [5, 5.41) is 3.04. The summed E-state index contributed by atoms with van der Waals surface area (Å²) < 4.78 is 10.4. The van der Waals surface area contributed by atoms with Crippen molar-refractivity contribution in [3.8, 4) is 11.5 Å². The van der Waals surface area contributed by atoms with E-state index in [1.807, 2.05) is 0 Å². The van der Waals surface area contributed by atoms with Gasteiger partial charge in [0.2, 0.25) is 0 Å². The SMILES string of the molecule is COc1cc(OC)cc(C(=O)NC2CCN(C(=O)c3cccnc3)CC2)c1. The van der Waals surface area contributed by atoms with Crippen LogP contribution in [-0.2, 0) is 0 Å². The molecule has 2 amide bonds. The minimum absolute atomic E-state index is 0.0210. The van der Waals surface area contributed by atoms with Gasteiger partial charge in [-0.15, -0.1) is 0 Å². The van der Waals surface area contributed by atoms with E-state index in [1.165, 1.54) is 0 Å². The number of amides is 2. The lowest BCUT2D eigenvalue weighted by Gasteiger charge is -2.32. The molecule has 0 atom stereocenters. The van der Waals surface area contributed by atoms with E-state index in [9.17, 15) is 9.59 Å². The molecular weight excluding hydrogens is 346 g/mol. The fourth-order valence-electron chi connectivity index (χ4n) is 3.11. The molecule has 0 saturated carbocycles. The summed E-state index contributed by atoms with van der Waals surface area (Å²) in [7, 11) is 3.09. The first-order valence-corrected chi connectivity index (χ1v) is 8.84. The van der Waals surface area contributed by atoms with Gasteiger partial charge < -0.3 is 19.7 Å². The molecule has 2 heterocycles. The van der Waals surface area contributed by atoms with E-state index in [2.05, 4.69) is 10.3 Å². The summed E-state index contributed by atoms with van der Waals surface area (Å²) in [6, 6.07) is 8.62. The standard InChI is InChI=1S/C20H23N3O4/c1-26-17-10-15(11-18(12-17)27-2)19(24)22-16-5-8-23(9-6-16)20(25)14-4-3-7-21-13-14/h3-4,7,10-13,16H,5-6,8-9H2,1-2H3,(H,22,24). The van der Waals surface area contributed by atoms with Crippen LogP contribution in [0.15, 0.2) is 42.7 Å². The van der Waals surface area contributed by atoms with E-state index >= 15 is 0 Å². The summed E-state index contributed by atoms with van der Waals surface area (Å²) in [5.41, 5.74) is 1.07. The van der Waals surface area contributed by atoms with Gasteiger partial charge in [0.1, 0.15) is 11.5 Å². The van der Waals surface area contributed by atoms with Gasteiger partial charge in [0.15, 0.2) is 0 Å². The van der Waals surface area contributed by atoms with Gasteiger partial charge in [0.05, 0.1) is 19.8 Å². The van der Waals surface area contributed by atoms with E-state index in [-0.39, 0.29) is 17.9 Å². The quantitative estimate of drug-likeness (QED) is 0.873. The number of carbonyl (C=O) groups is 2. The van der Waals surface area contributed by atoms with E-state index in [0.717, 1.165) is 0 Å². The second-order valence-corrected chi connectivity index (χ2v) is 6.38. The van der Waals surface area contributed by atoms with Gasteiger partial charge in [-0.25, -0.2) is 0 Å². The maximum absolute atomic E-state index is 12.6. The molecule has 1 aliphatic rings. The zero-order valence-corrected chi connectivity index (χ0v) is 15.5. The number of hydrogen-bond acceptors (Lipinski definition) is 5. The summed E-state index contributed by atoms with van der Waals surface area (Å²) in [6.45, 7) is 1.19. The van der Waals surface area contributed by atoms with Gasteiger partial charge in [0, 0.05) is 43.2 Å². The predicted octanol–water partition coefficient (Wildman–Crippen LogP) is 2.13. The highest BCUT2D eigenvalue weighted by Gasteiger charge is 2.25. The topological polar surface area (TPSA) is 80.8 Å². The molecule has 1 fully saturated rings. The highest BCUT2D eigenvalue weighted by atomic mass is 16.5. The van der Waals surface area contributed by atoms with Gasteiger partial charge in [-0.05, 0) is 37.1 Å². The molecule has 1 saturated heterocycles. The number of benzene rings is 1. The Morgan fingerprint density at radius 2 is 1.74 bits per heavy atom. The fraction of sp³-hybridized carbons (Fsp3) is 0.350. The normalized spacial score (nSPS) is 14.5. The third kappa shape index (κ3) is 4.55. The molecule has 0 bridgehead atoms. The lowest BCUT2D eigenvalue weighted by atomic mass is 10.0. The Morgan fingerprint density at radius 3 is 2.30 bits per heavy atom. The monoisotopic (exact) mass is 369 g/mol. The largest absolute Gasteiger partial charge is 0.497 e. The van der Waals surface area contributed by atoms with Crippen LogP contribution in [0.25, 0.3) is 0 Å². The molecular formula is C20H23N3O4. The van der Waals surface area contributed by atoms with Crippen LogP contribution < -0.4 is 14.8 Å². The average molecular weight is 369 g/mol. The van der Waals surface area contributed by atoms with Crippen molar-refractivity contribution in [1.82, 2.24) is 15.2 Å². The average Bonchev–Trinajstić information content (AvgIpc) is 2.74. The molecule has 1 aromatic heterocycles. The van der Waals surface area contributed by atoms with Crippen LogP contribution in [0.5, 0.6) is 11.5 Å². The van der Waals surface area contributed by atoms with Crippen LogP contribution >= 0.6 is 0 Å². The van der Waals surface area contributed by atoms with Crippen LogP contribution in [0.4, 0.5) is 0 Å².